The van der Waals surface area contributed by atoms with E-state index in [0.29, 0.717) is 11.1 Å². The number of pyridine rings is 1. The van der Waals surface area contributed by atoms with Crippen LogP contribution in [0.15, 0.2) is 66.5 Å². The molecule has 0 aliphatic carbocycles. The number of ketones is 1. The molecule has 0 spiro atoms. The third-order valence-electron chi connectivity index (χ3n) is 5.62. The summed E-state index contributed by atoms with van der Waals surface area (Å²) in [5.41, 5.74) is 3.97. The van der Waals surface area contributed by atoms with Crippen LogP contribution in [0.25, 0.3) is 5.76 Å². The van der Waals surface area contributed by atoms with Crippen LogP contribution in [0.4, 0.5) is 5.69 Å². The Hall–Kier alpha value is -3.93. The average Bonchev–Trinajstić information content (AvgIpc) is 3.02. The van der Waals surface area contributed by atoms with Gasteiger partial charge in [0.1, 0.15) is 11.5 Å². The third-order valence-corrected chi connectivity index (χ3v) is 5.62. The lowest BCUT2D eigenvalue weighted by Gasteiger charge is -2.26. The van der Waals surface area contributed by atoms with Gasteiger partial charge < -0.3 is 10.2 Å². The second kappa shape index (κ2) is 7.72. The molecule has 1 saturated heterocycles. The van der Waals surface area contributed by atoms with E-state index < -0.39 is 17.7 Å². The van der Waals surface area contributed by atoms with Gasteiger partial charge in [0, 0.05) is 18.0 Å². The number of Topliss-reactive ketones (excluding diaryl/α,β-unsaturated/α-hetero) is 1. The summed E-state index contributed by atoms with van der Waals surface area (Å²) >= 11 is 0. The molecule has 156 valence electrons. The number of amides is 1. The largest absolute Gasteiger partial charge is 0.507 e. The monoisotopic (exact) mass is 414 g/mol. The van der Waals surface area contributed by atoms with E-state index >= 15 is 0 Å². The summed E-state index contributed by atoms with van der Waals surface area (Å²) in [6.45, 7) is 5.69. The average molecular weight is 414 g/mol. The van der Waals surface area contributed by atoms with Gasteiger partial charge in [0.15, 0.2) is 0 Å². The Balaban J connectivity index is 1.98. The number of carbonyl (C=O) groups excluding carboxylic acids is 2. The molecule has 0 bridgehead atoms. The highest BCUT2D eigenvalue weighted by Gasteiger charge is 2.47. The zero-order valence-electron chi connectivity index (χ0n) is 17.5. The van der Waals surface area contributed by atoms with Crippen molar-refractivity contribution in [2.45, 2.75) is 26.8 Å². The molecule has 0 radical (unpaired) electrons. The highest BCUT2D eigenvalue weighted by molar-refractivity contribution is 6.51. The minimum atomic E-state index is -0.928. The van der Waals surface area contributed by atoms with Crippen LogP contribution in [-0.4, -0.2) is 26.9 Å². The summed E-state index contributed by atoms with van der Waals surface area (Å²) in [6, 6.07) is 12.7. The fourth-order valence-corrected chi connectivity index (χ4v) is 3.80. The van der Waals surface area contributed by atoms with Gasteiger partial charge in [0.25, 0.3) is 11.7 Å². The van der Waals surface area contributed by atoms with Gasteiger partial charge in [-0.05, 0) is 67.3 Å². The first-order valence-corrected chi connectivity index (χ1v) is 9.87. The molecule has 2 N–H and O–H groups in total. The Morgan fingerprint density at radius 2 is 1.77 bits per heavy atom. The lowest BCUT2D eigenvalue weighted by molar-refractivity contribution is -0.132. The smallest absolute Gasteiger partial charge is 0.300 e. The van der Waals surface area contributed by atoms with Crippen molar-refractivity contribution >= 4 is 23.1 Å². The van der Waals surface area contributed by atoms with Crippen LogP contribution in [-0.2, 0) is 9.59 Å². The first-order chi connectivity index (χ1) is 14.8. The van der Waals surface area contributed by atoms with Crippen LogP contribution in [0.2, 0.25) is 0 Å². The van der Waals surface area contributed by atoms with Crippen molar-refractivity contribution in [1.29, 1.82) is 0 Å². The number of aromatic nitrogens is 1. The van der Waals surface area contributed by atoms with Gasteiger partial charge in [-0.3, -0.25) is 19.5 Å². The molecule has 6 nitrogen and oxygen atoms in total. The highest BCUT2D eigenvalue weighted by atomic mass is 16.3. The topological polar surface area (TPSA) is 90.7 Å². The number of aliphatic hydroxyl groups excluding tert-OH is 1. The molecule has 1 fully saturated rings. The maximum Gasteiger partial charge on any atom is 0.300 e. The minimum absolute atomic E-state index is 0.0397. The number of aliphatic hydroxyl groups is 1. The zero-order valence-corrected chi connectivity index (χ0v) is 17.5. The van der Waals surface area contributed by atoms with Crippen molar-refractivity contribution in [2.75, 3.05) is 4.90 Å². The maximum atomic E-state index is 13.1. The molecule has 1 aliphatic heterocycles. The molecule has 31 heavy (non-hydrogen) atoms. The van der Waals surface area contributed by atoms with E-state index in [9.17, 15) is 19.8 Å². The quantitative estimate of drug-likeness (QED) is 0.378. The number of anilines is 1. The predicted molar refractivity (Wildman–Crippen MR) is 118 cm³/mol. The molecular weight excluding hydrogens is 392 g/mol. The molecule has 1 aliphatic rings. The van der Waals surface area contributed by atoms with E-state index in [1.807, 2.05) is 26.8 Å². The molecule has 2 heterocycles. The molecule has 4 rings (SSSR count). The van der Waals surface area contributed by atoms with Crippen LogP contribution < -0.4 is 4.90 Å². The standard InChI is InChI=1S/C25H22N2O4/c1-14-6-9-20(28)19(11-14)27-22(18-5-4-10-26-13-18)21(24(30)25(27)31)23(29)17-8-7-15(2)16(3)12-17/h4-13,22,28-29H,1-3H3/b23-21-. The van der Waals surface area contributed by atoms with Crippen molar-refractivity contribution in [2.24, 2.45) is 0 Å². The number of nitrogens with zero attached hydrogens (tertiary/aromatic N) is 2. The second-order valence-corrected chi connectivity index (χ2v) is 7.75. The number of carbonyl (C=O) groups is 2. The van der Waals surface area contributed by atoms with E-state index in [1.165, 1.54) is 11.0 Å². The minimum Gasteiger partial charge on any atom is -0.507 e. The lowest BCUT2D eigenvalue weighted by Crippen LogP contribution is -2.29. The summed E-state index contributed by atoms with van der Waals surface area (Å²) in [6.07, 6.45) is 3.13. The molecule has 1 amide bonds. The zero-order chi connectivity index (χ0) is 22.3. The van der Waals surface area contributed by atoms with Gasteiger partial charge in [-0.2, -0.15) is 0 Å². The van der Waals surface area contributed by atoms with Crippen molar-refractivity contribution in [3.8, 4) is 5.75 Å². The molecule has 6 heteroatoms. The number of phenolic OH excluding ortho intramolecular Hbond substituents is 1. The molecule has 2 aromatic carbocycles. The number of aromatic hydroxyl groups is 1. The van der Waals surface area contributed by atoms with Gasteiger partial charge >= 0.3 is 0 Å². The van der Waals surface area contributed by atoms with Crippen LogP contribution >= 0.6 is 0 Å². The van der Waals surface area contributed by atoms with Crippen molar-refractivity contribution in [3.05, 3.63) is 94.3 Å². The van der Waals surface area contributed by atoms with Gasteiger partial charge in [-0.1, -0.05) is 24.3 Å². The van der Waals surface area contributed by atoms with E-state index in [-0.39, 0.29) is 22.8 Å². The van der Waals surface area contributed by atoms with Gasteiger partial charge in [0.2, 0.25) is 0 Å². The number of phenols is 1. The summed E-state index contributed by atoms with van der Waals surface area (Å²) in [7, 11) is 0. The Kier molecular flexibility index (Phi) is 5.07. The Labute approximate surface area is 180 Å². The van der Waals surface area contributed by atoms with Gasteiger partial charge in [-0.15, -0.1) is 0 Å². The van der Waals surface area contributed by atoms with E-state index in [1.54, 1.807) is 48.8 Å². The van der Waals surface area contributed by atoms with Crippen molar-refractivity contribution in [3.63, 3.8) is 0 Å². The van der Waals surface area contributed by atoms with Crippen LogP contribution in [0.1, 0.15) is 33.9 Å². The first kappa shape index (κ1) is 20.3. The van der Waals surface area contributed by atoms with Crippen LogP contribution in [0.5, 0.6) is 5.75 Å². The Morgan fingerprint density at radius 1 is 1.00 bits per heavy atom. The SMILES string of the molecule is Cc1ccc(O)c(N2C(=O)C(=O)/C(=C(\O)c3ccc(C)c(C)c3)C2c2cccnc2)c1. The summed E-state index contributed by atoms with van der Waals surface area (Å²) in [5.74, 6) is -2.02. The number of hydrogen-bond donors (Lipinski definition) is 2. The first-order valence-electron chi connectivity index (χ1n) is 9.87. The van der Waals surface area contributed by atoms with Gasteiger partial charge in [0.05, 0.1) is 17.3 Å². The Bertz CT molecular complexity index is 1230. The normalized spacial score (nSPS) is 17.9. The molecule has 0 saturated carbocycles. The number of rotatable bonds is 3. The second-order valence-electron chi connectivity index (χ2n) is 7.75. The molecular formula is C25H22N2O4. The van der Waals surface area contributed by atoms with E-state index in [2.05, 4.69) is 4.98 Å². The fraction of sp³-hybridized carbons (Fsp3) is 0.160. The van der Waals surface area contributed by atoms with Crippen molar-refractivity contribution < 1.29 is 19.8 Å². The summed E-state index contributed by atoms with van der Waals surface area (Å²) in [4.78, 5) is 31.6. The highest BCUT2D eigenvalue weighted by Crippen LogP contribution is 2.44. The molecule has 1 unspecified atom stereocenters. The van der Waals surface area contributed by atoms with E-state index in [4.69, 9.17) is 0 Å². The summed E-state index contributed by atoms with van der Waals surface area (Å²) in [5, 5.41) is 21.6. The van der Waals surface area contributed by atoms with Gasteiger partial charge in [-0.25, -0.2) is 0 Å². The maximum absolute atomic E-state index is 13.1. The molecule has 1 aromatic heterocycles. The summed E-state index contributed by atoms with van der Waals surface area (Å²) < 4.78 is 0. The number of hydrogen-bond acceptors (Lipinski definition) is 5. The van der Waals surface area contributed by atoms with Crippen molar-refractivity contribution in [1.82, 2.24) is 4.98 Å². The number of benzene rings is 2. The molecule has 1 atom stereocenters. The molecule has 3 aromatic rings. The predicted octanol–water partition coefficient (Wildman–Crippen LogP) is 4.34. The Morgan fingerprint density at radius 3 is 2.45 bits per heavy atom. The fourth-order valence-electron chi connectivity index (χ4n) is 3.80. The van der Waals surface area contributed by atoms with Crippen LogP contribution in [0.3, 0.4) is 0 Å². The van der Waals surface area contributed by atoms with Crippen LogP contribution in [0, 0.1) is 20.8 Å². The van der Waals surface area contributed by atoms with E-state index in [0.717, 1.165) is 16.7 Å². The third kappa shape index (κ3) is 3.46. The number of aryl methyl sites for hydroxylation is 3. The lowest BCUT2D eigenvalue weighted by atomic mass is 9.95.